The first-order valence-corrected chi connectivity index (χ1v) is 7.16. The highest BCUT2D eigenvalue weighted by molar-refractivity contribution is 6.31. The van der Waals surface area contributed by atoms with Crippen LogP contribution in [0.4, 0.5) is 10.5 Å². The number of urea groups is 1. The molecule has 1 unspecified atom stereocenters. The van der Waals surface area contributed by atoms with Crippen LogP contribution in [0.5, 0.6) is 5.75 Å². The summed E-state index contributed by atoms with van der Waals surface area (Å²) in [6.45, 7) is 2.93. The minimum Gasteiger partial charge on any atom is -0.491 e. The largest absolute Gasteiger partial charge is 0.491 e. The molecule has 1 atom stereocenters. The Morgan fingerprint density at radius 1 is 1.55 bits per heavy atom. The molecule has 0 saturated carbocycles. The van der Waals surface area contributed by atoms with Gasteiger partial charge in [0, 0.05) is 23.6 Å². The number of halogens is 1. The van der Waals surface area contributed by atoms with Gasteiger partial charge in [0.1, 0.15) is 5.75 Å². The summed E-state index contributed by atoms with van der Waals surface area (Å²) in [5.74, 6) is 0.693. The lowest BCUT2D eigenvalue weighted by molar-refractivity contribution is 0.160. The van der Waals surface area contributed by atoms with Gasteiger partial charge in [0.15, 0.2) is 0 Å². The van der Waals surface area contributed by atoms with Gasteiger partial charge in [-0.25, -0.2) is 4.79 Å². The van der Waals surface area contributed by atoms with E-state index in [9.17, 15) is 9.90 Å². The minimum absolute atomic E-state index is 0.326. The predicted octanol–water partition coefficient (Wildman–Crippen LogP) is 2.56. The third kappa shape index (κ3) is 3.77. The van der Waals surface area contributed by atoms with E-state index >= 15 is 0 Å². The zero-order valence-electron chi connectivity index (χ0n) is 11.4. The van der Waals surface area contributed by atoms with Crippen LogP contribution >= 0.6 is 11.6 Å². The van der Waals surface area contributed by atoms with E-state index in [1.54, 1.807) is 6.07 Å². The topological polar surface area (TPSA) is 70.6 Å². The third-order valence-electron chi connectivity index (χ3n) is 3.23. The van der Waals surface area contributed by atoms with Crippen molar-refractivity contribution in [2.45, 2.75) is 32.3 Å². The third-order valence-corrected chi connectivity index (χ3v) is 3.45. The summed E-state index contributed by atoms with van der Waals surface area (Å²) in [5, 5.41) is 15.4. The normalized spacial score (nSPS) is 14.3. The van der Waals surface area contributed by atoms with Crippen molar-refractivity contribution in [2.75, 3.05) is 18.5 Å². The summed E-state index contributed by atoms with van der Waals surface area (Å²) in [4.78, 5) is 11.8. The van der Waals surface area contributed by atoms with Crippen molar-refractivity contribution in [3.63, 3.8) is 0 Å². The molecule has 0 bridgehead atoms. The number of ether oxygens (including phenoxy) is 1. The Kier molecular flexibility index (Phi) is 5.09. The molecule has 0 saturated heterocycles. The lowest BCUT2D eigenvalue weighted by atomic mass is 10.1. The molecule has 1 aliphatic heterocycles. The first-order chi connectivity index (χ1) is 9.60. The Morgan fingerprint density at radius 2 is 2.35 bits per heavy atom. The van der Waals surface area contributed by atoms with Crippen molar-refractivity contribution >= 4 is 23.3 Å². The number of carbonyl (C=O) groups is 1. The molecule has 20 heavy (non-hydrogen) atoms. The maximum atomic E-state index is 11.8. The Hall–Kier alpha value is -1.46. The van der Waals surface area contributed by atoms with E-state index in [0.29, 0.717) is 42.5 Å². The second-order valence-electron chi connectivity index (χ2n) is 4.77. The number of fused-ring (bicyclic) bond motifs is 1. The van der Waals surface area contributed by atoms with Crippen molar-refractivity contribution < 1.29 is 14.6 Å². The number of rotatable bonds is 5. The van der Waals surface area contributed by atoms with Gasteiger partial charge in [-0.15, -0.1) is 0 Å². The van der Waals surface area contributed by atoms with Crippen molar-refractivity contribution in [3.8, 4) is 5.75 Å². The van der Waals surface area contributed by atoms with Gasteiger partial charge < -0.3 is 20.5 Å². The van der Waals surface area contributed by atoms with Crippen LogP contribution in [-0.4, -0.2) is 30.4 Å². The Balaban J connectivity index is 1.92. The quantitative estimate of drug-likeness (QED) is 0.782. The second kappa shape index (κ2) is 6.81. The summed E-state index contributed by atoms with van der Waals surface area (Å²) in [6, 6.07) is 3.20. The molecule has 1 heterocycles. The van der Waals surface area contributed by atoms with Gasteiger partial charge in [0.05, 0.1) is 18.4 Å². The van der Waals surface area contributed by atoms with Gasteiger partial charge in [-0.2, -0.15) is 0 Å². The van der Waals surface area contributed by atoms with Crippen LogP contribution in [0, 0.1) is 0 Å². The van der Waals surface area contributed by atoms with Crippen LogP contribution in [0.3, 0.4) is 0 Å². The summed E-state index contributed by atoms with van der Waals surface area (Å²) in [6.07, 6.45) is 1.64. The van der Waals surface area contributed by atoms with Crippen molar-refractivity contribution in [1.29, 1.82) is 0 Å². The first kappa shape index (κ1) is 14.9. The Bertz CT molecular complexity index is 494. The molecule has 1 aromatic carbocycles. The van der Waals surface area contributed by atoms with Crippen molar-refractivity contribution in [1.82, 2.24) is 5.32 Å². The fraction of sp³-hybridized carbons (Fsp3) is 0.500. The second-order valence-corrected chi connectivity index (χ2v) is 5.21. The monoisotopic (exact) mass is 298 g/mol. The Labute approximate surface area is 123 Å². The lowest BCUT2D eigenvalue weighted by Gasteiger charge is -2.12. The van der Waals surface area contributed by atoms with Gasteiger partial charge in [-0.3, -0.25) is 0 Å². The van der Waals surface area contributed by atoms with Crippen molar-refractivity contribution in [2.24, 2.45) is 0 Å². The highest BCUT2D eigenvalue weighted by atomic mass is 35.5. The standard InChI is InChI=1S/C14H19ClN2O3/c1-2-11(18)3-5-16-14(19)17-12-8-10(15)7-9-4-6-20-13(9)12/h7-8,11,18H,2-6H2,1H3,(H2,16,17,19). The fourth-order valence-corrected chi connectivity index (χ4v) is 2.33. The molecule has 0 fully saturated rings. The number of hydrogen-bond donors (Lipinski definition) is 3. The molecule has 2 rings (SSSR count). The molecule has 0 radical (unpaired) electrons. The number of benzene rings is 1. The number of anilines is 1. The maximum Gasteiger partial charge on any atom is 0.319 e. The van der Waals surface area contributed by atoms with E-state index < -0.39 is 0 Å². The SMILES string of the molecule is CCC(O)CCNC(=O)Nc1cc(Cl)cc2c1OCC2. The molecule has 1 aliphatic rings. The number of nitrogens with one attached hydrogen (secondary N) is 2. The number of hydrogen-bond acceptors (Lipinski definition) is 3. The number of amides is 2. The smallest absolute Gasteiger partial charge is 0.319 e. The highest BCUT2D eigenvalue weighted by Crippen LogP contribution is 2.36. The number of aliphatic hydroxyl groups excluding tert-OH is 1. The van der Waals surface area contributed by atoms with Crippen LogP contribution < -0.4 is 15.4 Å². The number of aliphatic hydroxyl groups is 1. The predicted molar refractivity (Wildman–Crippen MR) is 78.6 cm³/mol. The minimum atomic E-state index is -0.381. The van der Waals surface area contributed by atoms with Crippen LogP contribution in [-0.2, 0) is 6.42 Å². The molecule has 3 N–H and O–H groups in total. The average Bonchev–Trinajstić information content (AvgIpc) is 2.86. The fourth-order valence-electron chi connectivity index (χ4n) is 2.09. The molecule has 0 spiro atoms. The molecule has 110 valence electrons. The van der Waals surface area contributed by atoms with Gasteiger partial charge in [0.25, 0.3) is 0 Å². The number of carbonyl (C=O) groups excluding carboxylic acids is 1. The highest BCUT2D eigenvalue weighted by Gasteiger charge is 2.18. The van der Waals surface area contributed by atoms with E-state index in [0.717, 1.165) is 12.0 Å². The van der Waals surface area contributed by atoms with E-state index in [4.69, 9.17) is 16.3 Å². The molecule has 5 nitrogen and oxygen atoms in total. The van der Waals surface area contributed by atoms with E-state index in [-0.39, 0.29) is 12.1 Å². The van der Waals surface area contributed by atoms with Crippen LogP contribution in [0.15, 0.2) is 12.1 Å². The zero-order valence-corrected chi connectivity index (χ0v) is 12.2. The zero-order chi connectivity index (χ0) is 14.5. The first-order valence-electron chi connectivity index (χ1n) is 6.78. The maximum absolute atomic E-state index is 11.8. The van der Waals surface area contributed by atoms with Crippen molar-refractivity contribution in [3.05, 3.63) is 22.7 Å². The summed E-state index contributed by atoms with van der Waals surface area (Å²) >= 11 is 6.02. The molecule has 0 aromatic heterocycles. The molecular weight excluding hydrogens is 280 g/mol. The summed E-state index contributed by atoms with van der Waals surface area (Å²) in [7, 11) is 0. The van der Waals surface area contributed by atoms with E-state index in [2.05, 4.69) is 10.6 Å². The molecule has 2 amide bonds. The average molecular weight is 299 g/mol. The van der Waals surface area contributed by atoms with E-state index in [1.807, 2.05) is 13.0 Å². The van der Waals surface area contributed by atoms with Crippen LogP contribution in [0.2, 0.25) is 5.02 Å². The van der Waals surface area contributed by atoms with Crippen LogP contribution in [0.25, 0.3) is 0 Å². The van der Waals surface area contributed by atoms with Gasteiger partial charge >= 0.3 is 6.03 Å². The molecule has 0 aliphatic carbocycles. The lowest BCUT2D eigenvalue weighted by Crippen LogP contribution is -2.31. The summed E-state index contributed by atoms with van der Waals surface area (Å²) < 4.78 is 5.50. The van der Waals surface area contributed by atoms with E-state index in [1.165, 1.54) is 0 Å². The molecule has 1 aromatic rings. The van der Waals surface area contributed by atoms with Crippen LogP contribution in [0.1, 0.15) is 25.3 Å². The van der Waals surface area contributed by atoms with Gasteiger partial charge in [-0.1, -0.05) is 18.5 Å². The molecular formula is C14H19ClN2O3. The van der Waals surface area contributed by atoms with Gasteiger partial charge in [0.2, 0.25) is 0 Å². The summed E-state index contributed by atoms with van der Waals surface area (Å²) in [5.41, 5.74) is 1.59. The molecule has 6 heteroatoms. The Morgan fingerprint density at radius 3 is 3.10 bits per heavy atom. The van der Waals surface area contributed by atoms with Gasteiger partial charge in [-0.05, 0) is 25.0 Å².